The van der Waals surface area contributed by atoms with Gasteiger partial charge in [-0.3, -0.25) is 4.79 Å². The molecule has 0 radical (unpaired) electrons. The predicted molar refractivity (Wildman–Crippen MR) is 81.9 cm³/mol. The zero-order valence-corrected chi connectivity index (χ0v) is 12.5. The third-order valence-electron chi connectivity index (χ3n) is 2.99. The molecule has 116 valence electrons. The molecule has 6 heteroatoms. The van der Waals surface area contributed by atoms with Gasteiger partial charge in [0.15, 0.2) is 0 Å². The van der Waals surface area contributed by atoms with Crippen LogP contribution in [-0.2, 0) is 9.53 Å². The van der Waals surface area contributed by atoms with Gasteiger partial charge >= 0.3 is 12.0 Å². The summed E-state index contributed by atoms with van der Waals surface area (Å²) in [5.41, 5.74) is 6.81. The highest BCUT2D eigenvalue weighted by atomic mass is 16.5. The Morgan fingerprint density at radius 3 is 2.52 bits per heavy atom. The minimum Gasteiger partial charge on any atom is -0.466 e. The average molecular weight is 293 g/mol. The molecule has 0 aromatic heterocycles. The van der Waals surface area contributed by atoms with Crippen molar-refractivity contribution in [1.82, 2.24) is 5.32 Å². The molecule has 0 aliphatic rings. The van der Waals surface area contributed by atoms with E-state index in [9.17, 15) is 9.59 Å². The van der Waals surface area contributed by atoms with Crippen molar-refractivity contribution in [2.24, 2.45) is 5.73 Å². The Morgan fingerprint density at radius 1 is 1.29 bits per heavy atom. The summed E-state index contributed by atoms with van der Waals surface area (Å²) in [4.78, 5) is 21.9. The topological polar surface area (TPSA) is 93.4 Å². The van der Waals surface area contributed by atoms with Gasteiger partial charge in [-0.05, 0) is 44.5 Å². The Hall–Kier alpha value is -2.08. The predicted octanol–water partition coefficient (Wildman–Crippen LogP) is 2.17. The molecule has 1 atom stereocenters. The van der Waals surface area contributed by atoms with Crippen LogP contribution in [0.1, 0.15) is 38.3 Å². The van der Waals surface area contributed by atoms with Crippen LogP contribution in [0.15, 0.2) is 24.3 Å². The van der Waals surface area contributed by atoms with Crippen LogP contribution in [0, 0.1) is 0 Å². The zero-order chi connectivity index (χ0) is 15.7. The molecule has 1 aromatic carbocycles. The van der Waals surface area contributed by atoms with Crippen LogP contribution >= 0.6 is 0 Å². The number of anilines is 1. The lowest BCUT2D eigenvalue weighted by molar-refractivity contribution is -0.143. The highest BCUT2D eigenvalue weighted by Crippen LogP contribution is 2.15. The highest BCUT2D eigenvalue weighted by molar-refractivity contribution is 5.87. The number of nitrogens with one attached hydrogen (secondary N) is 2. The van der Waals surface area contributed by atoms with Gasteiger partial charge < -0.3 is 21.1 Å². The highest BCUT2D eigenvalue weighted by Gasteiger charge is 2.06. The van der Waals surface area contributed by atoms with Crippen molar-refractivity contribution in [1.29, 1.82) is 0 Å². The molecule has 1 unspecified atom stereocenters. The molecule has 4 N–H and O–H groups in total. The van der Waals surface area contributed by atoms with Crippen molar-refractivity contribution < 1.29 is 14.3 Å². The van der Waals surface area contributed by atoms with E-state index in [0.29, 0.717) is 18.7 Å². The lowest BCUT2D eigenvalue weighted by Crippen LogP contribution is -2.21. The van der Waals surface area contributed by atoms with Crippen LogP contribution < -0.4 is 16.4 Å². The molecule has 2 amide bonds. The first-order valence-corrected chi connectivity index (χ1v) is 7.08. The van der Waals surface area contributed by atoms with Crippen LogP contribution in [0.5, 0.6) is 0 Å². The van der Waals surface area contributed by atoms with Gasteiger partial charge in [-0.2, -0.15) is 0 Å². The Kier molecular flexibility index (Phi) is 7.25. The molecule has 0 heterocycles. The number of urea groups is 1. The Labute approximate surface area is 125 Å². The van der Waals surface area contributed by atoms with Crippen LogP contribution in [0.4, 0.5) is 10.5 Å². The Bertz CT molecular complexity index is 460. The van der Waals surface area contributed by atoms with Crippen molar-refractivity contribution in [3.63, 3.8) is 0 Å². The minimum atomic E-state index is -0.576. The van der Waals surface area contributed by atoms with E-state index in [0.717, 1.165) is 18.5 Å². The molecule has 0 aliphatic heterocycles. The van der Waals surface area contributed by atoms with E-state index in [4.69, 9.17) is 10.5 Å². The quantitative estimate of drug-likeness (QED) is 0.506. The van der Waals surface area contributed by atoms with Gasteiger partial charge in [-0.25, -0.2) is 4.79 Å². The molecular formula is C15H23N3O3. The third-order valence-corrected chi connectivity index (χ3v) is 2.99. The van der Waals surface area contributed by atoms with E-state index in [2.05, 4.69) is 10.6 Å². The summed E-state index contributed by atoms with van der Waals surface area (Å²) in [6.45, 7) is 5.01. The van der Waals surface area contributed by atoms with Gasteiger partial charge in [0.25, 0.3) is 0 Å². The number of hydrogen-bond acceptors (Lipinski definition) is 4. The molecule has 0 saturated heterocycles. The number of carbonyl (C=O) groups excluding carboxylic acids is 2. The van der Waals surface area contributed by atoms with E-state index in [1.807, 2.05) is 19.1 Å². The minimum absolute atomic E-state index is 0.158. The van der Waals surface area contributed by atoms with E-state index in [1.54, 1.807) is 19.1 Å². The number of carbonyl (C=O) groups is 2. The first-order valence-electron chi connectivity index (χ1n) is 7.08. The fraction of sp³-hybridized carbons (Fsp3) is 0.467. The number of ether oxygens (including phenoxy) is 1. The van der Waals surface area contributed by atoms with Gasteiger partial charge in [-0.15, -0.1) is 0 Å². The van der Waals surface area contributed by atoms with Crippen LogP contribution in [0.3, 0.4) is 0 Å². The fourth-order valence-corrected chi connectivity index (χ4v) is 1.90. The maximum Gasteiger partial charge on any atom is 0.316 e. The third kappa shape index (κ3) is 6.76. The zero-order valence-electron chi connectivity index (χ0n) is 12.5. The van der Waals surface area contributed by atoms with Crippen LogP contribution in [0.2, 0.25) is 0 Å². The summed E-state index contributed by atoms with van der Waals surface area (Å²) in [5, 5.41) is 5.85. The molecule has 1 rings (SSSR count). The monoisotopic (exact) mass is 293 g/mol. The first kappa shape index (κ1) is 17.0. The smallest absolute Gasteiger partial charge is 0.316 e. The Balaban J connectivity index is 2.33. The SMILES string of the molecule is CCOC(=O)CCCNC(C)c1ccc(NC(N)=O)cc1. The maximum atomic E-state index is 11.2. The first-order chi connectivity index (χ1) is 10.0. The molecule has 6 nitrogen and oxygen atoms in total. The number of esters is 1. The number of hydrogen-bond donors (Lipinski definition) is 3. The van der Waals surface area contributed by atoms with E-state index < -0.39 is 6.03 Å². The number of amides is 2. The van der Waals surface area contributed by atoms with E-state index in [1.165, 1.54) is 0 Å². The molecule has 0 aliphatic carbocycles. The second-order valence-corrected chi connectivity index (χ2v) is 4.70. The van der Waals surface area contributed by atoms with E-state index >= 15 is 0 Å². The molecule has 0 fully saturated rings. The van der Waals surface area contributed by atoms with Gasteiger partial charge in [0.2, 0.25) is 0 Å². The fourth-order valence-electron chi connectivity index (χ4n) is 1.90. The maximum absolute atomic E-state index is 11.2. The molecule has 0 spiro atoms. The summed E-state index contributed by atoms with van der Waals surface area (Å²) in [7, 11) is 0. The second kappa shape index (κ2) is 8.97. The van der Waals surface area contributed by atoms with Crippen molar-refractivity contribution in [3.05, 3.63) is 29.8 Å². The van der Waals surface area contributed by atoms with Crippen molar-refractivity contribution in [3.8, 4) is 0 Å². The average Bonchev–Trinajstić information content (AvgIpc) is 2.44. The van der Waals surface area contributed by atoms with Gasteiger partial charge in [0.05, 0.1) is 6.61 Å². The summed E-state index contributed by atoms with van der Waals surface area (Å²) >= 11 is 0. The lowest BCUT2D eigenvalue weighted by Gasteiger charge is -2.14. The summed E-state index contributed by atoms with van der Waals surface area (Å²) in [5.74, 6) is -0.158. The van der Waals surface area contributed by atoms with Crippen molar-refractivity contribution >= 4 is 17.7 Å². The van der Waals surface area contributed by atoms with Gasteiger partial charge in [0, 0.05) is 18.2 Å². The van der Waals surface area contributed by atoms with Crippen LogP contribution in [-0.4, -0.2) is 25.2 Å². The summed E-state index contributed by atoms with van der Waals surface area (Å²) in [6, 6.07) is 7.04. The molecule has 0 bridgehead atoms. The molecule has 1 aromatic rings. The summed E-state index contributed by atoms with van der Waals surface area (Å²) in [6.07, 6.45) is 1.17. The number of primary amides is 1. The standard InChI is InChI=1S/C15H23N3O3/c1-3-21-14(19)5-4-10-17-11(2)12-6-8-13(9-7-12)18-15(16)20/h6-9,11,17H,3-5,10H2,1-2H3,(H3,16,18,20). The molecular weight excluding hydrogens is 270 g/mol. The Morgan fingerprint density at radius 2 is 1.95 bits per heavy atom. The van der Waals surface area contributed by atoms with Gasteiger partial charge in [0.1, 0.15) is 0 Å². The van der Waals surface area contributed by atoms with E-state index in [-0.39, 0.29) is 12.0 Å². The van der Waals surface area contributed by atoms with Crippen LogP contribution in [0.25, 0.3) is 0 Å². The second-order valence-electron chi connectivity index (χ2n) is 4.70. The number of benzene rings is 1. The van der Waals surface area contributed by atoms with Crippen molar-refractivity contribution in [2.75, 3.05) is 18.5 Å². The largest absolute Gasteiger partial charge is 0.466 e. The number of rotatable bonds is 8. The molecule has 21 heavy (non-hydrogen) atoms. The molecule has 0 saturated carbocycles. The van der Waals surface area contributed by atoms with Gasteiger partial charge in [-0.1, -0.05) is 12.1 Å². The lowest BCUT2D eigenvalue weighted by atomic mass is 10.1. The summed E-state index contributed by atoms with van der Waals surface area (Å²) < 4.78 is 4.87. The van der Waals surface area contributed by atoms with Crippen molar-refractivity contribution in [2.45, 2.75) is 32.7 Å². The normalized spacial score (nSPS) is 11.7. The number of nitrogens with two attached hydrogens (primary N) is 1.